The lowest BCUT2D eigenvalue weighted by Crippen LogP contribution is -2.38. The number of anilines is 1. The molecule has 0 saturated carbocycles. The highest BCUT2D eigenvalue weighted by atomic mass is 35.5. The predicted octanol–water partition coefficient (Wildman–Crippen LogP) is 1.84. The van der Waals surface area contributed by atoms with Crippen molar-refractivity contribution in [2.45, 2.75) is 18.2 Å². The monoisotopic (exact) mass is 358 g/mol. The third-order valence-electron chi connectivity index (χ3n) is 3.78. The summed E-state index contributed by atoms with van der Waals surface area (Å²) in [6.45, 7) is 1.96. The van der Waals surface area contributed by atoms with Gasteiger partial charge in [-0.15, -0.1) is 11.6 Å². The van der Waals surface area contributed by atoms with E-state index < -0.39 is 15.7 Å². The smallest absolute Gasteiger partial charge is 0.262 e. The highest BCUT2D eigenvalue weighted by molar-refractivity contribution is 8.16. The summed E-state index contributed by atoms with van der Waals surface area (Å²) >= 11 is 6.90. The fourth-order valence-corrected chi connectivity index (χ4v) is 6.80. The summed E-state index contributed by atoms with van der Waals surface area (Å²) in [5, 5.41) is 0.455. The molecule has 0 spiro atoms. The Kier molecular flexibility index (Phi) is 4.22. The largest absolute Gasteiger partial charge is 0.315 e. The number of halogens is 1. The molecule has 0 aromatic heterocycles. The lowest BCUT2D eigenvalue weighted by Gasteiger charge is -2.26. The molecule has 22 heavy (non-hydrogen) atoms. The van der Waals surface area contributed by atoms with Crippen LogP contribution in [0.25, 0.3) is 0 Å². The van der Waals surface area contributed by atoms with E-state index in [4.69, 9.17) is 11.6 Å². The average Bonchev–Trinajstić information content (AvgIpc) is 2.91. The van der Waals surface area contributed by atoms with Crippen molar-refractivity contribution in [2.24, 2.45) is 4.99 Å². The first kappa shape index (κ1) is 15.8. The number of aryl methyl sites for hydroxylation is 1. The van der Waals surface area contributed by atoms with Gasteiger partial charge in [0.05, 0.1) is 17.5 Å². The van der Waals surface area contributed by atoms with Gasteiger partial charge in [-0.2, -0.15) is 4.99 Å². The first-order valence-electron chi connectivity index (χ1n) is 6.81. The van der Waals surface area contributed by atoms with E-state index in [9.17, 15) is 13.2 Å². The van der Waals surface area contributed by atoms with Crippen molar-refractivity contribution in [3.8, 4) is 0 Å². The minimum absolute atomic E-state index is 0.0904. The fraction of sp³-hybridized carbons (Fsp3) is 0.429. The maximum absolute atomic E-state index is 11.9. The Morgan fingerprint density at radius 3 is 2.82 bits per heavy atom. The summed E-state index contributed by atoms with van der Waals surface area (Å²) in [5.74, 6) is -0.379. The van der Waals surface area contributed by atoms with Gasteiger partial charge < -0.3 is 4.90 Å². The number of amidine groups is 1. The van der Waals surface area contributed by atoms with Crippen LogP contribution in [0, 0.1) is 6.92 Å². The number of carbonyl (C=O) groups is 1. The summed E-state index contributed by atoms with van der Waals surface area (Å²) < 4.78 is 23.8. The number of aliphatic imine (C=N–C) groups is 1. The Bertz CT molecular complexity index is 748. The highest BCUT2D eigenvalue weighted by Gasteiger charge is 2.49. The van der Waals surface area contributed by atoms with Crippen molar-refractivity contribution >= 4 is 50.0 Å². The van der Waals surface area contributed by atoms with Gasteiger partial charge in [0.25, 0.3) is 5.91 Å². The molecular weight excluding hydrogens is 344 g/mol. The quantitative estimate of drug-likeness (QED) is 0.754. The maximum Gasteiger partial charge on any atom is 0.262 e. The molecule has 1 amide bonds. The molecule has 2 atom stereocenters. The molecular formula is C14H15ClN2O3S2. The van der Waals surface area contributed by atoms with Crippen LogP contribution in [0.2, 0.25) is 0 Å². The maximum atomic E-state index is 11.9. The van der Waals surface area contributed by atoms with E-state index in [-0.39, 0.29) is 28.7 Å². The third-order valence-corrected chi connectivity index (χ3v) is 7.21. The number of para-hydroxylation sites is 1. The zero-order valence-electron chi connectivity index (χ0n) is 11.9. The third kappa shape index (κ3) is 2.89. The van der Waals surface area contributed by atoms with E-state index in [0.717, 1.165) is 11.3 Å². The van der Waals surface area contributed by atoms with Crippen molar-refractivity contribution in [3.05, 3.63) is 29.8 Å². The van der Waals surface area contributed by atoms with Crippen LogP contribution in [0.5, 0.6) is 0 Å². The van der Waals surface area contributed by atoms with Gasteiger partial charge in [-0.25, -0.2) is 8.42 Å². The van der Waals surface area contributed by atoms with Gasteiger partial charge in [-0.1, -0.05) is 30.0 Å². The Morgan fingerprint density at radius 1 is 1.41 bits per heavy atom. The van der Waals surface area contributed by atoms with Gasteiger partial charge in [0, 0.05) is 10.9 Å². The van der Waals surface area contributed by atoms with E-state index in [1.165, 1.54) is 11.8 Å². The first-order chi connectivity index (χ1) is 10.4. The second kappa shape index (κ2) is 5.86. The molecule has 0 unspecified atom stereocenters. The van der Waals surface area contributed by atoms with Gasteiger partial charge in [-0.05, 0) is 18.6 Å². The predicted molar refractivity (Wildman–Crippen MR) is 90.6 cm³/mol. The zero-order chi connectivity index (χ0) is 15.9. The van der Waals surface area contributed by atoms with Crippen molar-refractivity contribution in [1.29, 1.82) is 0 Å². The van der Waals surface area contributed by atoms with Gasteiger partial charge in [0.1, 0.15) is 5.88 Å². The molecule has 2 saturated heterocycles. The number of sulfone groups is 1. The number of hydrogen-bond donors (Lipinski definition) is 0. The molecule has 2 fully saturated rings. The van der Waals surface area contributed by atoms with E-state index in [0.29, 0.717) is 5.17 Å². The number of nitrogens with zero attached hydrogens (tertiary/aromatic N) is 2. The van der Waals surface area contributed by atoms with Crippen LogP contribution in [-0.4, -0.2) is 48.2 Å². The number of thioether (sulfide) groups is 1. The minimum atomic E-state index is -3.05. The first-order valence-corrected chi connectivity index (χ1v) is 10.0. The fourth-order valence-electron chi connectivity index (χ4n) is 2.82. The Morgan fingerprint density at radius 2 is 2.14 bits per heavy atom. The molecule has 5 nitrogen and oxygen atoms in total. The lowest BCUT2D eigenvalue weighted by molar-refractivity contribution is -0.115. The van der Waals surface area contributed by atoms with Crippen LogP contribution in [0.1, 0.15) is 5.56 Å². The number of amides is 1. The molecule has 2 heterocycles. The van der Waals surface area contributed by atoms with Crippen molar-refractivity contribution in [2.75, 3.05) is 22.3 Å². The normalized spacial score (nSPS) is 28.1. The molecule has 0 radical (unpaired) electrons. The van der Waals surface area contributed by atoms with Gasteiger partial charge in [0.15, 0.2) is 15.0 Å². The van der Waals surface area contributed by atoms with Crippen molar-refractivity contribution in [1.82, 2.24) is 0 Å². The molecule has 1 aromatic carbocycles. The molecule has 0 aliphatic carbocycles. The van der Waals surface area contributed by atoms with Gasteiger partial charge in [-0.3, -0.25) is 4.79 Å². The molecule has 0 N–H and O–H groups in total. The van der Waals surface area contributed by atoms with Crippen molar-refractivity contribution < 1.29 is 13.2 Å². The standard InChI is InChI=1S/C14H15ClN2O3S2/c1-9-4-2-3-5-10(9)17-11-7-22(19,20)8-12(11)21-14(17)16-13(18)6-15/h2-5,11-12H,6-8H2,1H3/t11-,12-/m0/s1. The van der Waals surface area contributed by atoms with Crippen LogP contribution >= 0.6 is 23.4 Å². The molecule has 118 valence electrons. The number of alkyl halides is 1. The Labute approximate surface area is 138 Å². The van der Waals surface area contributed by atoms with Gasteiger partial charge in [0.2, 0.25) is 0 Å². The van der Waals surface area contributed by atoms with Crippen LogP contribution < -0.4 is 4.90 Å². The summed E-state index contributed by atoms with van der Waals surface area (Å²) in [6.07, 6.45) is 0. The SMILES string of the molecule is Cc1ccccc1N1C(=NC(=O)CCl)S[C@H]2CS(=O)(=O)C[C@@H]21. The second-order valence-corrected chi connectivity index (χ2v) is 9.01. The minimum Gasteiger partial charge on any atom is -0.315 e. The van der Waals surface area contributed by atoms with E-state index >= 15 is 0 Å². The number of benzene rings is 1. The van der Waals surface area contributed by atoms with E-state index in [2.05, 4.69) is 4.99 Å². The van der Waals surface area contributed by atoms with Crippen LogP contribution in [0.3, 0.4) is 0 Å². The Balaban J connectivity index is 2.05. The average molecular weight is 359 g/mol. The number of hydrogen-bond acceptors (Lipinski definition) is 4. The zero-order valence-corrected chi connectivity index (χ0v) is 14.3. The summed E-state index contributed by atoms with van der Waals surface area (Å²) in [6, 6.07) is 7.51. The van der Waals surface area contributed by atoms with Crippen LogP contribution in [0.15, 0.2) is 29.3 Å². The molecule has 2 aliphatic rings. The molecule has 2 aliphatic heterocycles. The molecule has 3 rings (SSSR count). The van der Waals surface area contributed by atoms with E-state index in [1.807, 2.05) is 36.1 Å². The number of fused-ring (bicyclic) bond motifs is 1. The summed E-state index contributed by atoms with van der Waals surface area (Å²) in [7, 11) is -3.05. The number of rotatable bonds is 2. The van der Waals surface area contributed by atoms with Crippen LogP contribution in [-0.2, 0) is 14.6 Å². The molecule has 0 bridgehead atoms. The summed E-state index contributed by atoms with van der Waals surface area (Å²) in [4.78, 5) is 17.6. The number of carbonyl (C=O) groups excluding carboxylic acids is 1. The highest BCUT2D eigenvalue weighted by Crippen LogP contribution is 2.41. The topological polar surface area (TPSA) is 66.8 Å². The van der Waals surface area contributed by atoms with Gasteiger partial charge >= 0.3 is 0 Å². The molecule has 1 aromatic rings. The van der Waals surface area contributed by atoms with E-state index in [1.54, 1.807) is 0 Å². The van der Waals surface area contributed by atoms with Crippen LogP contribution in [0.4, 0.5) is 5.69 Å². The molecule has 8 heteroatoms. The lowest BCUT2D eigenvalue weighted by atomic mass is 10.1. The summed E-state index contributed by atoms with van der Waals surface area (Å²) in [5.41, 5.74) is 1.90. The Hall–Kier alpha value is -1.05. The van der Waals surface area contributed by atoms with Crippen molar-refractivity contribution in [3.63, 3.8) is 0 Å². The second-order valence-electron chi connectivity index (χ2n) is 5.38.